The second kappa shape index (κ2) is 34.7. The van der Waals surface area contributed by atoms with Crippen molar-refractivity contribution in [1.29, 1.82) is 0 Å². The molecular weight excluding hydrogens is 873 g/mol. The minimum Gasteiger partial charge on any atom is -0.744 e. The first kappa shape index (κ1) is 59.6. The number of rotatable bonds is 34. The van der Waals surface area contributed by atoms with Crippen LogP contribution in [0, 0.1) is 0 Å². The molecule has 0 saturated carbocycles. The molecule has 0 heterocycles. The van der Waals surface area contributed by atoms with Crippen LogP contribution in [0.2, 0.25) is 0 Å². The molecule has 0 spiro atoms. The Balaban J connectivity index is 0.000000440. The van der Waals surface area contributed by atoms with Gasteiger partial charge in [-0.2, -0.15) is 0 Å². The van der Waals surface area contributed by atoms with Crippen molar-refractivity contribution in [1.82, 2.24) is 0 Å². The van der Waals surface area contributed by atoms with Crippen molar-refractivity contribution in [3.8, 4) is 0 Å². The zero-order chi connectivity index (χ0) is 46.5. The van der Waals surface area contributed by atoms with Crippen molar-refractivity contribution in [2.45, 2.75) is 243 Å². The number of hydrogen-bond acceptors (Lipinski definition) is 6. The topological polar surface area (TPSA) is 114 Å². The van der Waals surface area contributed by atoms with Gasteiger partial charge in [-0.25, -0.2) is 16.8 Å². The molecule has 9 heteroatoms. The first-order chi connectivity index (χ1) is 30.9. The molecule has 0 N–H and O–H groups in total. The quantitative estimate of drug-likeness (QED) is 0.0262. The zero-order valence-corrected chi connectivity index (χ0v) is 45.2. The third-order valence-corrected chi connectivity index (χ3v) is 14.8. The first-order valence-electron chi connectivity index (χ1n) is 25.9. The molecule has 0 radical (unpaired) electrons. The normalized spacial score (nSPS) is 11.8. The Morgan fingerprint density at radius 3 is 0.754 bits per heavy atom. The van der Waals surface area contributed by atoms with E-state index in [1.807, 2.05) is 12.1 Å². The van der Waals surface area contributed by atoms with Crippen LogP contribution in [0.15, 0.2) is 70.5 Å². The summed E-state index contributed by atoms with van der Waals surface area (Å²) >= 11 is 0. The van der Waals surface area contributed by atoms with Gasteiger partial charge in [0.2, 0.25) is 0 Å². The van der Waals surface area contributed by atoms with Crippen LogP contribution in [-0.4, -0.2) is 63.7 Å². The molecule has 0 aliphatic heterocycles. The van der Waals surface area contributed by atoms with E-state index < -0.39 is 20.2 Å². The third kappa shape index (κ3) is 23.6. The van der Waals surface area contributed by atoms with Gasteiger partial charge < -0.3 is 9.11 Å². The fraction of sp³-hybridized carbons (Fsp3) is 0.643. The van der Waals surface area contributed by atoms with Crippen molar-refractivity contribution in [3.05, 3.63) is 82.9 Å². The fourth-order valence-electron chi connectivity index (χ4n) is 9.17. The molecular formula is C56H86CaO6S2. The molecule has 0 unspecified atom stereocenters. The predicted octanol–water partition coefficient (Wildman–Crippen LogP) is 16.3. The Hall–Kier alpha value is -1.52. The molecule has 65 heavy (non-hydrogen) atoms. The molecule has 0 bridgehead atoms. The summed E-state index contributed by atoms with van der Waals surface area (Å²) in [5.74, 6) is 0. The summed E-state index contributed by atoms with van der Waals surface area (Å²) in [7, 11) is -8.89. The van der Waals surface area contributed by atoms with Gasteiger partial charge in [0.25, 0.3) is 0 Å². The molecule has 0 atom stereocenters. The second-order valence-electron chi connectivity index (χ2n) is 18.6. The van der Waals surface area contributed by atoms with E-state index in [0.717, 1.165) is 72.9 Å². The van der Waals surface area contributed by atoms with Gasteiger partial charge in [0.1, 0.15) is 20.2 Å². The van der Waals surface area contributed by atoms with Crippen molar-refractivity contribution in [2.75, 3.05) is 0 Å². The van der Waals surface area contributed by atoms with Crippen molar-refractivity contribution >= 4 is 79.5 Å². The Morgan fingerprint density at radius 2 is 0.523 bits per heavy atom. The summed E-state index contributed by atoms with van der Waals surface area (Å²) in [4.78, 5) is -0.224. The van der Waals surface area contributed by atoms with E-state index in [4.69, 9.17) is 0 Å². The standard InChI is InChI=1S/2C28H44O3S.Ca/c2*1-3-5-7-9-11-13-15-17-24-19-20-25(18-16-14-12-10-8-6-4-2)28-23-26(32(29,30)31)21-22-27(24)28;/h2*19-23H,3-18H2,1-2H3,(H,29,30,31);/q;;+2/p-2. The number of hydrogen-bond donors (Lipinski definition) is 0. The van der Waals surface area contributed by atoms with Crippen LogP contribution in [0.4, 0.5) is 0 Å². The molecule has 0 amide bonds. The fourth-order valence-corrected chi connectivity index (χ4v) is 10.2. The van der Waals surface area contributed by atoms with Crippen LogP contribution >= 0.6 is 0 Å². The second-order valence-corrected chi connectivity index (χ2v) is 21.3. The van der Waals surface area contributed by atoms with E-state index in [1.54, 1.807) is 12.1 Å². The summed E-state index contributed by atoms with van der Waals surface area (Å²) in [6, 6.07) is 18.7. The number of benzene rings is 4. The van der Waals surface area contributed by atoms with Gasteiger partial charge in [-0.15, -0.1) is 0 Å². The van der Waals surface area contributed by atoms with E-state index in [1.165, 1.54) is 188 Å². The van der Waals surface area contributed by atoms with E-state index in [-0.39, 0.29) is 47.5 Å². The average molecular weight is 960 g/mol. The van der Waals surface area contributed by atoms with Gasteiger partial charge in [0.15, 0.2) is 0 Å². The SMILES string of the molecule is CCCCCCCCCc1ccc(CCCCCCCCC)c2cc(S(=O)(=O)[O-])ccc12.CCCCCCCCCc1ccc(CCCCCCCCC)c2cc(S(=O)(=O)[O-])ccc12.[Ca+2]. The molecule has 360 valence electrons. The molecule has 0 fully saturated rings. The Morgan fingerprint density at radius 1 is 0.308 bits per heavy atom. The Labute approximate surface area is 427 Å². The van der Waals surface area contributed by atoms with Crippen molar-refractivity contribution in [2.24, 2.45) is 0 Å². The Kier molecular flexibility index (Phi) is 31.8. The van der Waals surface area contributed by atoms with E-state index in [9.17, 15) is 25.9 Å². The average Bonchev–Trinajstić information content (AvgIpc) is 3.27. The summed E-state index contributed by atoms with van der Waals surface area (Å²) in [5, 5.41) is 4.13. The molecule has 0 aliphatic rings. The number of fused-ring (bicyclic) bond motifs is 2. The molecule has 0 aromatic heterocycles. The maximum absolute atomic E-state index is 11.6. The van der Waals surface area contributed by atoms with Gasteiger partial charge in [-0.3, -0.25) is 0 Å². The number of unbranched alkanes of at least 4 members (excludes halogenated alkanes) is 24. The van der Waals surface area contributed by atoms with Gasteiger partial charge in [0.05, 0.1) is 9.79 Å². The largest absolute Gasteiger partial charge is 2.00 e. The van der Waals surface area contributed by atoms with Crippen LogP contribution in [0.5, 0.6) is 0 Å². The van der Waals surface area contributed by atoms with Crippen LogP contribution in [-0.2, 0) is 45.9 Å². The minimum atomic E-state index is -4.44. The van der Waals surface area contributed by atoms with Crippen LogP contribution < -0.4 is 0 Å². The summed E-state index contributed by atoms with van der Waals surface area (Å²) in [6.07, 6.45) is 39.2. The predicted molar refractivity (Wildman–Crippen MR) is 276 cm³/mol. The maximum atomic E-state index is 11.6. The molecule has 6 nitrogen and oxygen atoms in total. The monoisotopic (exact) mass is 959 g/mol. The van der Waals surface area contributed by atoms with Crippen LogP contribution in [0.1, 0.15) is 230 Å². The van der Waals surface area contributed by atoms with Gasteiger partial charge >= 0.3 is 37.7 Å². The molecule has 4 rings (SSSR count). The van der Waals surface area contributed by atoms with Gasteiger partial charge in [-0.1, -0.05) is 218 Å². The molecule has 0 aliphatic carbocycles. The van der Waals surface area contributed by atoms with Crippen molar-refractivity contribution < 1.29 is 25.9 Å². The Bertz CT molecular complexity index is 1960. The van der Waals surface area contributed by atoms with E-state index in [0.29, 0.717) is 0 Å². The number of aryl methyl sites for hydroxylation is 4. The summed E-state index contributed by atoms with van der Waals surface area (Å²) in [6.45, 7) is 8.95. The van der Waals surface area contributed by atoms with Gasteiger partial charge in [-0.05, 0) is 119 Å². The zero-order valence-electron chi connectivity index (χ0n) is 41.4. The van der Waals surface area contributed by atoms with Crippen molar-refractivity contribution in [3.63, 3.8) is 0 Å². The smallest absolute Gasteiger partial charge is 0.744 e. The minimum absolute atomic E-state index is 0. The first-order valence-corrected chi connectivity index (χ1v) is 28.8. The van der Waals surface area contributed by atoms with Crippen LogP contribution in [0.3, 0.4) is 0 Å². The van der Waals surface area contributed by atoms with E-state index >= 15 is 0 Å². The van der Waals surface area contributed by atoms with E-state index in [2.05, 4.69) is 52.0 Å². The third-order valence-electron chi connectivity index (χ3n) is 13.1. The summed E-state index contributed by atoms with van der Waals surface area (Å²) < 4.78 is 69.7. The molecule has 4 aromatic rings. The molecule has 0 saturated heterocycles. The molecule has 4 aromatic carbocycles. The van der Waals surface area contributed by atoms with Crippen LogP contribution in [0.25, 0.3) is 21.5 Å². The maximum Gasteiger partial charge on any atom is 2.00 e. The van der Waals surface area contributed by atoms with Gasteiger partial charge in [0, 0.05) is 0 Å². The summed E-state index contributed by atoms with van der Waals surface area (Å²) in [5.41, 5.74) is 4.88.